The van der Waals surface area contributed by atoms with Gasteiger partial charge in [-0.15, -0.1) is 0 Å². The van der Waals surface area contributed by atoms with Crippen molar-refractivity contribution in [2.75, 3.05) is 19.7 Å². The molecule has 1 saturated heterocycles. The molecular formula is C32H32N2O4. The molecule has 1 heterocycles. The van der Waals surface area contributed by atoms with Gasteiger partial charge in [-0.25, -0.2) is 0 Å². The van der Waals surface area contributed by atoms with Gasteiger partial charge in [0.05, 0.1) is 6.10 Å². The van der Waals surface area contributed by atoms with E-state index < -0.39 is 6.10 Å². The molecule has 0 radical (unpaired) electrons. The Bertz CT molecular complexity index is 1420. The molecule has 4 aromatic rings. The van der Waals surface area contributed by atoms with Gasteiger partial charge in [0.15, 0.2) is 5.78 Å². The third kappa shape index (κ3) is 5.83. The average molecular weight is 509 g/mol. The van der Waals surface area contributed by atoms with Crippen LogP contribution in [0.1, 0.15) is 46.1 Å². The zero-order valence-electron chi connectivity index (χ0n) is 21.4. The van der Waals surface area contributed by atoms with Gasteiger partial charge >= 0.3 is 0 Å². The first kappa shape index (κ1) is 25.8. The summed E-state index contributed by atoms with van der Waals surface area (Å²) in [7, 11) is 0. The number of carbonyl (C=O) groups is 2. The van der Waals surface area contributed by atoms with Crippen molar-refractivity contribution in [1.29, 1.82) is 0 Å². The number of hydrogen-bond donors (Lipinski definition) is 2. The molecule has 3 atom stereocenters. The molecular weight excluding hydrogens is 476 g/mol. The Balaban J connectivity index is 1.21. The zero-order valence-corrected chi connectivity index (χ0v) is 21.4. The SMILES string of the molecule is C[C@@H](NCC1CN(Cc2cccc(C(O)C(=O)c3ccccc3)c2)C(=O)CO1)c1cccc2ccccc12. The molecule has 6 nitrogen and oxygen atoms in total. The summed E-state index contributed by atoms with van der Waals surface area (Å²) in [6, 6.07) is 30.8. The summed E-state index contributed by atoms with van der Waals surface area (Å²) in [5.74, 6) is -0.425. The number of aliphatic hydroxyl groups excluding tert-OH is 1. The molecule has 0 aromatic heterocycles. The Labute approximate surface area is 222 Å². The van der Waals surface area contributed by atoms with E-state index in [0.29, 0.717) is 30.8 Å². The maximum atomic E-state index is 12.7. The van der Waals surface area contributed by atoms with Gasteiger partial charge in [0.2, 0.25) is 5.91 Å². The minimum atomic E-state index is -1.26. The van der Waals surface area contributed by atoms with Crippen LogP contribution >= 0.6 is 0 Å². The van der Waals surface area contributed by atoms with Crippen molar-refractivity contribution in [3.8, 4) is 0 Å². The summed E-state index contributed by atoms with van der Waals surface area (Å²) in [6.45, 7) is 3.63. The van der Waals surface area contributed by atoms with E-state index in [2.05, 4.69) is 48.6 Å². The van der Waals surface area contributed by atoms with Gasteiger partial charge in [-0.2, -0.15) is 0 Å². The average Bonchev–Trinajstić information content (AvgIpc) is 2.97. The summed E-state index contributed by atoms with van der Waals surface area (Å²) in [4.78, 5) is 27.1. The number of morpholine rings is 1. The highest BCUT2D eigenvalue weighted by atomic mass is 16.5. The number of ketones is 1. The topological polar surface area (TPSA) is 78.9 Å². The van der Waals surface area contributed by atoms with Crippen LogP contribution in [0, 0.1) is 0 Å². The third-order valence-electron chi connectivity index (χ3n) is 7.11. The van der Waals surface area contributed by atoms with Crippen LogP contribution in [-0.4, -0.2) is 47.5 Å². The number of nitrogens with zero attached hydrogens (tertiary/aromatic N) is 1. The van der Waals surface area contributed by atoms with E-state index in [1.165, 1.54) is 16.3 Å². The molecule has 6 heteroatoms. The summed E-state index contributed by atoms with van der Waals surface area (Å²) >= 11 is 0. The number of ether oxygens (including phenoxy) is 1. The number of aliphatic hydroxyl groups is 1. The van der Waals surface area contributed by atoms with Gasteiger partial charge in [-0.1, -0.05) is 97.1 Å². The van der Waals surface area contributed by atoms with Crippen molar-refractivity contribution < 1.29 is 19.4 Å². The minimum absolute atomic E-state index is 0.0316. The Hall–Kier alpha value is -3.84. The molecule has 38 heavy (non-hydrogen) atoms. The first-order chi connectivity index (χ1) is 18.5. The molecule has 0 spiro atoms. The maximum Gasteiger partial charge on any atom is 0.248 e. The second-order valence-corrected chi connectivity index (χ2v) is 9.78. The quantitative estimate of drug-likeness (QED) is 0.317. The summed E-state index contributed by atoms with van der Waals surface area (Å²) in [6.07, 6.45) is -1.40. The Morgan fingerprint density at radius 1 is 1.00 bits per heavy atom. The fourth-order valence-electron chi connectivity index (χ4n) is 5.00. The number of rotatable bonds is 9. The Morgan fingerprint density at radius 3 is 2.58 bits per heavy atom. The van der Waals surface area contributed by atoms with E-state index in [4.69, 9.17) is 4.74 Å². The number of fused-ring (bicyclic) bond motifs is 1. The van der Waals surface area contributed by atoms with Crippen molar-refractivity contribution in [2.24, 2.45) is 0 Å². The molecule has 4 aromatic carbocycles. The smallest absolute Gasteiger partial charge is 0.248 e. The molecule has 0 bridgehead atoms. The summed E-state index contributed by atoms with van der Waals surface area (Å²) in [5.41, 5.74) is 3.06. The molecule has 1 aliphatic heterocycles. The van der Waals surface area contributed by atoms with Crippen molar-refractivity contribution in [3.63, 3.8) is 0 Å². The Morgan fingerprint density at radius 2 is 1.74 bits per heavy atom. The largest absolute Gasteiger partial charge is 0.380 e. The monoisotopic (exact) mass is 508 g/mol. The first-order valence-corrected chi connectivity index (χ1v) is 13.0. The van der Waals surface area contributed by atoms with Crippen molar-refractivity contribution >= 4 is 22.5 Å². The number of amides is 1. The lowest BCUT2D eigenvalue weighted by molar-refractivity contribution is -0.149. The van der Waals surface area contributed by atoms with Gasteiger partial charge in [0.1, 0.15) is 12.7 Å². The zero-order chi connectivity index (χ0) is 26.5. The van der Waals surface area contributed by atoms with Crippen molar-refractivity contribution in [2.45, 2.75) is 31.7 Å². The minimum Gasteiger partial charge on any atom is -0.380 e. The fourth-order valence-corrected chi connectivity index (χ4v) is 5.00. The predicted molar refractivity (Wildman–Crippen MR) is 148 cm³/mol. The van der Waals surface area contributed by atoms with Gasteiger partial charge < -0.3 is 20.1 Å². The van der Waals surface area contributed by atoms with Crippen LogP contribution in [0.15, 0.2) is 97.1 Å². The summed E-state index contributed by atoms with van der Waals surface area (Å²) < 4.78 is 5.84. The number of carbonyl (C=O) groups excluding carboxylic acids is 2. The van der Waals surface area contributed by atoms with Crippen LogP contribution in [0.25, 0.3) is 10.8 Å². The van der Waals surface area contributed by atoms with Crippen LogP contribution < -0.4 is 5.32 Å². The molecule has 5 rings (SSSR count). The van der Waals surface area contributed by atoms with Crippen LogP contribution in [0.4, 0.5) is 0 Å². The number of nitrogens with one attached hydrogen (secondary N) is 1. The second kappa shape index (κ2) is 11.7. The highest BCUT2D eigenvalue weighted by molar-refractivity contribution is 5.99. The van der Waals surface area contributed by atoms with Gasteiger partial charge in [-0.05, 0) is 34.4 Å². The molecule has 2 N–H and O–H groups in total. The van der Waals surface area contributed by atoms with E-state index in [1.54, 1.807) is 41.3 Å². The van der Waals surface area contributed by atoms with E-state index in [1.807, 2.05) is 24.3 Å². The predicted octanol–water partition coefficient (Wildman–Crippen LogP) is 4.83. The van der Waals surface area contributed by atoms with E-state index in [-0.39, 0.29) is 30.4 Å². The van der Waals surface area contributed by atoms with Crippen LogP contribution in [-0.2, 0) is 16.1 Å². The standard InChI is InChI=1S/C32H32N2O4/c1-22(28-16-8-13-24-10-5-6-15-29(24)28)33-18-27-20-34(30(35)21-38-27)19-23-9-7-14-26(17-23)32(37)31(36)25-11-3-2-4-12-25/h2-17,22,27,32-33,37H,18-21H2,1H3/t22-,27?,32?/m1/s1. The van der Waals surface area contributed by atoms with E-state index in [0.717, 1.165) is 5.56 Å². The van der Waals surface area contributed by atoms with Crippen LogP contribution in [0.5, 0.6) is 0 Å². The number of Topliss-reactive ketones (excluding diaryl/α,β-unsaturated/α-hetero) is 1. The van der Waals surface area contributed by atoms with Crippen LogP contribution in [0.3, 0.4) is 0 Å². The third-order valence-corrected chi connectivity index (χ3v) is 7.11. The molecule has 1 fully saturated rings. The molecule has 1 aliphatic rings. The highest BCUT2D eigenvalue weighted by Gasteiger charge is 2.27. The molecule has 0 aliphatic carbocycles. The molecule has 1 amide bonds. The normalized spacial score (nSPS) is 17.4. The van der Waals surface area contributed by atoms with Crippen LogP contribution in [0.2, 0.25) is 0 Å². The van der Waals surface area contributed by atoms with Gasteiger partial charge in [0.25, 0.3) is 0 Å². The Kier molecular flexibility index (Phi) is 7.94. The lowest BCUT2D eigenvalue weighted by Gasteiger charge is -2.33. The van der Waals surface area contributed by atoms with Gasteiger partial charge in [0, 0.05) is 31.2 Å². The molecule has 2 unspecified atom stereocenters. The van der Waals surface area contributed by atoms with Crippen molar-refractivity contribution in [3.05, 3.63) is 119 Å². The van der Waals surface area contributed by atoms with Crippen molar-refractivity contribution in [1.82, 2.24) is 10.2 Å². The number of benzene rings is 4. The highest BCUT2D eigenvalue weighted by Crippen LogP contribution is 2.25. The lowest BCUT2D eigenvalue weighted by Crippen LogP contribution is -2.49. The first-order valence-electron chi connectivity index (χ1n) is 13.0. The molecule has 0 saturated carbocycles. The fraction of sp³-hybridized carbons (Fsp3) is 0.250. The molecule has 194 valence electrons. The maximum absolute atomic E-state index is 12.7. The van der Waals surface area contributed by atoms with Gasteiger partial charge in [-0.3, -0.25) is 9.59 Å². The second-order valence-electron chi connectivity index (χ2n) is 9.78. The number of hydrogen-bond acceptors (Lipinski definition) is 5. The summed E-state index contributed by atoms with van der Waals surface area (Å²) in [5, 5.41) is 16.7. The van der Waals surface area contributed by atoms with E-state index in [9.17, 15) is 14.7 Å². The lowest BCUT2D eigenvalue weighted by atomic mass is 9.98. The van der Waals surface area contributed by atoms with E-state index >= 15 is 0 Å².